The molecule has 0 saturated carbocycles. The minimum Gasteiger partial charge on any atom is -0.380 e. The normalized spacial score (nSPS) is 10.8. The number of ether oxygens (including phenoxy) is 1. The van der Waals surface area contributed by atoms with Gasteiger partial charge in [-0.25, -0.2) is 4.39 Å². The molecule has 2 rings (SSSR count). The Kier molecular flexibility index (Phi) is 5.27. The highest BCUT2D eigenvalue weighted by Gasteiger charge is 2.01. The van der Waals surface area contributed by atoms with Crippen LogP contribution in [0.15, 0.2) is 42.5 Å². The Morgan fingerprint density at radius 3 is 2.65 bits per heavy atom. The lowest BCUT2D eigenvalue weighted by Crippen LogP contribution is -2.13. The minimum atomic E-state index is -0.186. The fourth-order valence-corrected chi connectivity index (χ4v) is 2.17. The van der Waals surface area contributed by atoms with Gasteiger partial charge in [-0.15, -0.1) is 0 Å². The zero-order chi connectivity index (χ0) is 14.4. The van der Waals surface area contributed by atoms with E-state index in [1.807, 2.05) is 25.1 Å². The van der Waals surface area contributed by atoms with Crippen LogP contribution in [0.1, 0.15) is 22.3 Å². The van der Waals surface area contributed by atoms with Crippen LogP contribution in [0.2, 0.25) is 0 Å². The van der Waals surface area contributed by atoms with Crippen molar-refractivity contribution < 1.29 is 9.13 Å². The summed E-state index contributed by atoms with van der Waals surface area (Å²) in [5, 5.41) is 3.35. The number of nitrogens with one attached hydrogen (secondary N) is 1. The smallest absolute Gasteiger partial charge is 0.123 e. The van der Waals surface area contributed by atoms with Gasteiger partial charge in [0.1, 0.15) is 5.82 Å². The van der Waals surface area contributed by atoms with E-state index in [2.05, 4.69) is 17.4 Å². The molecule has 0 bridgehead atoms. The standard InChI is InChI=1S/C17H20FNO/c1-13-6-7-17(18)9-16(13)11-19-10-14-4-3-5-15(8-14)12-20-2/h3-9,19H,10-12H2,1-2H3. The number of benzene rings is 2. The first-order valence-electron chi connectivity index (χ1n) is 6.71. The van der Waals surface area contributed by atoms with Crippen molar-refractivity contribution in [1.29, 1.82) is 0 Å². The molecular formula is C17H20FNO. The third-order valence-electron chi connectivity index (χ3n) is 3.26. The third kappa shape index (κ3) is 4.15. The number of hydrogen-bond donors (Lipinski definition) is 1. The molecule has 0 radical (unpaired) electrons. The van der Waals surface area contributed by atoms with Gasteiger partial charge in [-0.3, -0.25) is 0 Å². The maximum Gasteiger partial charge on any atom is 0.123 e. The van der Waals surface area contributed by atoms with Crippen LogP contribution >= 0.6 is 0 Å². The van der Waals surface area contributed by atoms with Gasteiger partial charge >= 0.3 is 0 Å². The first-order chi connectivity index (χ1) is 9.69. The van der Waals surface area contributed by atoms with Crippen molar-refractivity contribution in [1.82, 2.24) is 5.32 Å². The van der Waals surface area contributed by atoms with Gasteiger partial charge in [-0.05, 0) is 41.3 Å². The van der Waals surface area contributed by atoms with Crippen molar-refractivity contribution >= 4 is 0 Å². The molecule has 2 aromatic rings. The highest BCUT2D eigenvalue weighted by molar-refractivity contribution is 5.27. The molecule has 0 aliphatic rings. The second kappa shape index (κ2) is 7.17. The van der Waals surface area contributed by atoms with E-state index in [1.165, 1.54) is 11.6 Å². The SMILES string of the molecule is COCc1cccc(CNCc2cc(F)ccc2C)c1. The van der Waals surface area contributed by atoms with Gasteiger partial charge in [0.25, 0.3) is 0 Å². The predicted octanol–water partition coefficient (Wildman–Crippen LogP) is 3.57. The topological polar surface area (TPSA) is 21.3 Å². The van der Waals surface area contributed by atoms with Crippen molar-refractivity contribution in [2.45, 2.75) is 26.6 Å². The largest absolute Gasteiger partial charge is 0.380 e. The van der Waals surface area contributed by atoms with E-state index in [1.54, 1.807) is 13.2 Å². The summed E-state index contributed by atoms with van der Waals surface area (Å²) in [7, 11) is 1.69. The van der Waals surface area contributed by atoms with Crippen molar-refractivity contribution in [3.05, 3.63) is 70.5 Å². The lowest BCUT2D eigenvalue weighted by atomic mass is 10.1. The second-order valence-electron chi connectivity index (χ2n) is 4.93. The van der Waals surface area contributed by atoms with Crippen molar-refractivity contribution in [3.63, 3.8) is 0 Å². The third-order valence-corrected chi connectivity index (χ3v) is 3.26. The molecule has 0 atom stereocenters. The Morgan fingerprint density at radius 2 is 1.85 bits per heavy atom. The Labute approximate surface area is 119 Å². The molecule has 1 N–H and O–H groups in total. The fourth-order valence-electron chi connectivity index (χ4n) is 2.17. The molecule has 106 valence electrons. The van der Waals surface area contributed by atoms with Gasteiger partial charge in [-0.1, -0.05) is 30.3 Å². The minimum absolute atomic E-state index is 0.186. The van der Waals surface area contributed by atoms with Crippen LogP contribution in [0.25, 0.3) is 0 Å². The quantitative estimate of drug-likeness (QED) is 0.868. The van der Waals surface area contributed by atoms with Crippen LogP contribution in [0.3, 0.4) is 0 Å². The van der Waals surface area contributed by atoms with Crippen LogP contribution < -0.4 is 5.32 Å². The Balaban J connectivity index is 1.92. The summed E-state index contributed by atoms with van der Waals surface area (Å²) < 4.78 is 18.3. The molecule has 0 amide bonds. The zero-order valence-electron chi connectivity index (χ0n) is 11.9. The average molecular weight is 273 g/mol. The summed E-state index contributed by atoms with van der Waals surface area (Å²) in [5.74, 6) is -0.186. The Morgan fingerprint density at radius 1 is 1.05 bits per heavy atom. The predicted molar refractivity (Wildman–Crippen MR) is 78.8 cm³/mol. The van der Waals surface area contributed by atoms with E-state index in [0.29, 0.717) is 13.2 Å². The summed E-state index contributed by atoms with van der Waals surface area (Å²) in [6, 6.07) is 13.2. The molecule has 20 heavy (non-hydrogen) atoms. The molecule has 3 heteroatoms. The number of halogens is 1. The van der Waals surface area contributed by atoms with Gasteiger partial charge in [0.15, 0.2) is 0 Å². The molecule has 2 nitrogen and oxygen atoms in total. The molecule has 0 aliphatic carbocycles. The van der Waals surface area contributed by atoms with E-state index in [4.69, 9.17) is 4.74 Å². The van der Waals surface area contributed by atoms with E-state index in [9.17, 15) is 4.39 Å². The monoisotopic (exact) mass is 273 g/mol. The summed E-state index contributed by atoms with van der Waals surface area (Å²) in [5.41, 5.74) is 4.47. The number of rotatable bonds is 6. The highest BCUT2D eigenvalue weighted by atomic mass is 19.1. The first-order valence-corrected chi connectivity index (χ1v) is 6.71. The van der Waals surface area contributed by atoms with Crippen molar-refractivity contribution in [3.8, 4) is 0 Å². The van der Waals surface area contributed by atoms with Gasteiger partial charge < -0.3 is 10.1 Å². The summed E-state index contributed by atoms with van der Waals surface area (Å²) in [6.45, 7) is 4.04. The Bertz CT molecular complexity index is 569. The molecular weight excluding hydrogens is 253 g/mol. The maximum atomic E-state index is 13.2. The summed E-state index contributed by atoms with van der Waals surface area (Å²) >= 11 is 0. The zero-order valence-corrected chi connectivity index (χ0v) is 11.9. The molecule has 0 fully saturated rings. The second-order valence-corrected chi connectivity index (χ2v) is 4.93. The van der Waals surface area contributed by atoms with E-state index >= 15 is 0 Å². The van der Waals surface area contributed by atoms with Crippen molar-refractivity contribution in [2.24, 2.45) is 0 Å². The Hall–Kier alpha value is -1.71. The first kappa shape index (κ1) is 14.7. The average Bonchev–Trinajstić information content (AvgIpc) is 2.43. The highest BCUT2D eigenvalue weighted by Crippen LogP contribution is 2.11. The molecule has 0 spiro atoms. The number of aryl methyl sites for hydroxylation is 1. The summed E-state index contributed by atoms with van der Waals surface area (Å²) in [6.07, 6.45) is 0. The molecule has 0 saturated heterocycles. The fraction of sp³-hybridized carbons (Fsp3) is 0.294. The van der Waals surface area contributed by atoms with Crippen molar-refractivity contribution in [2.75, 3.05) is 7.11 Å². The van der Waals surface area contributed by atoms with Gasteiger partial charge in [0, 0.05) is 20.2 Å². The van der Waals surface area contributed by atoms with Gasteiger partial charge in [0.05, 0.1) is 6.61 Å². The molecule has 0 aromatic heterocycles. The van der Waals surface area contributed by atoms with E-state index in [0.717, 1.165) is 23.2 Å². The van der Waals surface area contributed by atoms with Crippen LogP contribution in [0.4, 0.5) is 4.39 Å². The van der Waals surface area contributed by atoms with E-state index in [-0.39, 0.29) is 5.82 Å². The molecule has 2 aromatic carbocycles. The van der Waals surface area contributed by atoms with E-state index < -0.39 is 0 Å². The van der Waals surface area contributed by atoms with Gasteiger partial charge in [0.2, 0.25) is 0 Å². The van der Waals surface area contributed by atoms with Gasteiger partial charge in [-0.2, -0.15) is 0 Å². The molecule has 0 unspecified atom stereocenters. The lowest BCUT2D eigenvalue weighted by Gasteiger charge is -2.09. The number of methoxy groups -OCH3 is 1. The molecule has 0 heterocycles. The van der Waals surface area contributed by atoms with Crippen LogP contribution in [0, 0.1) is 12.7 Å². The maximum absolute atomic E-state index is 13.2. The van der Waals surface area contributed by atoms with Crippen LogP contribution in [-0.4, -0.2) is 7.11 Å². The summed E-state index contributed by atoms with van der Waals surface area (Å²) in [4.78, 5) is 0. The van der Waals surface area contributed by atoms with Crippen LogP contribution in [-0.2, 0) is 24.4 Å². The van der Waals surface area contributed by atoms with Crippen LogP contribution in [0.5, 0.6) is 0 Å². The number of hydrogen-bond acceptors (Lipinski definition) is 2. The lowest BCUT2D eigenvalue weighted by molar-refractivity contribution is 0.185. The molecule has 0 aliphatic heterocycles.